The number of benzene rings is 2. The van der Waals surface area contributed by atoms with Crippen molar-refractivity contribution in [1.82, 2.24) is 4.90 Å². The van der Waals surface area contributed by atoms with Gasteiger partial charge in [-0.2, -0.15) is 0 Å². The third-order valence-corrected chi connectivity index (χ3v) is 3.83. The van der Waals surface area contributed by atoms with E-state index in [2.05, 4.69) is 29.2 Å². The van der Waals surface area contributed by atoms with Crippen LogP contribution in [0, 0.1) is 5.82 Å². The fourth-order valence-corrected chi connectivity index (χ4v) is 2.92. The van der Waals surface area contributed by atoms with Crippen LogP contribution in [0.1, 0.15) is 30.0 Å². The first kappa shape index (κ1) is 12.4. The molecule has 0 aromatic heterocycles. The molecule has 2 aromatic rings. The summed E-state index contributed by atoms with van der Waals surface area (Å²) in [5.41, 5.74) is 2.43. The molecule has 2 heteroatoms. The highest BCUT2D eigenvalue weighted by Crippen LogP contribution is 2.33. The largest absolute Gasteiger partial charge is 0.292 e. The van der Waals surface area contributed by atoms with Gasteiger partial charge in [-0.05, 0) is 42.6 Å². The minimum atomic E-state index is -0.135. The van der Waals surface area contributed by atoms with E-state index in [1.54, 1.807) is 6.07 Å². The first-order valence-corrected chi connectivity index (χ1v) is 6.86. The summed E-state index contributed by atoms with van der Waals surface area (Å²) in [6, 6.07) is 17.9. The number of halogens is 1. The monoisotopic (exact) mass is 255 g/mol. The number of likely N-dealkylation sites (tertiary alicyclic amines) is 1. The maximum absolute atomic E-state index is 13.4. The lowest BCUT2D eigenvalue weighted by Crippen LogP contribution is -2.22. The van der Waals surface area contributed by atoms with Gasteiger partial charge in [0.15, 0.2) is 0 Å². The Kier molecular flexibility index (Phi) is 3.60. The average Bonchev–Trinajstić information content (AvgIpc) is 2.88. The molecule has 2 aromatic carbocycles. The molecular formula is C17H18FN. The lowest BCUT2D eigenvalue weighted by molar-refractivity contribution is 0.248. The van der Waals surface area contributed by atoms with Crippen LogP contribution < -0.4 is 0 Å². The summed E-state index contributed by atoms with van der Waals surface area (Å²) >= 11 is 0. The normalized spacial score (nSPS) is 19.7. The smallest absolute Gasteiger partial charge is 0.123 e. The predicted molar refractivity (Wildman–Crippen MR) is 75.2 cm³/mol. The number of hydrogen-bond donors (Lipinski definition) is 0. The standard InChI is InChI=1S/C17H18FN/c18-16-9-4-8-15(12-16)17-10-5-11-19(17)13-14-6-2-1-3-7-14/h1-4,6-9,12,17H,5,10-11,13H2. The Balaban J connectivity index is 1.78. The summed E-state index contributed by atoms with van der Waals surface area (Å²) in [5.74, 6) is -0.135. The second-order valence-corrected chi connectivity index (χ2v) is 5.17. The zero-order chi connectivity index (χ0) is 13.1. The molecule has 0 amide bonds. The van der Waals surface area contributed by atoms with Crippen LogP contribution in [-0.4, -0.2) is 11.4 Å². The van der Waals surface area contributed by atoms with Gasteiger partial charge in [0, 0.05) is 12.6 Å². The van der Waals surface area contributed by atoms with Crippen LogP contribution in [0.5, 0.6) is 0 Å². The molecule has 1 unspecified atom stereocenters. The van der Waals surface area contributed by atoms with Gasteiger partial charge in [0.05, 0.1) is 0 Å². The molecule has 3 rings (SSSR count). The predicted octanol–water partition coefficient (Wildman–Crippen LogP) is 4.16. The highest BCUT2D eigenvalue weighted by atomic mass is 19.1. The van der Waals surface area contributed by atoms with Gasteiger partial charge in [-0.1, -0.05) is 42.5 Å². The molecule has 1 nitrogen and oxygen atoms in total. The SMILES string of the molecule is Fc1cccc(C2CCCN2Cc2ccccc2)c1. The van der Waals surface area contributed by atoms with Crippen LogP contribution in [0.2, 0.25) is 0 Å². The first-order chi connectivity index (χ1) is 9.33. The van der Waals surface area contributed by atoms with Crippen LogP contribution in [-0.2, 0) is 6.54 Å². The van der Waals surface area contributed by atoms with E-state index >= 15 is 0 Å². The number of nitrogens with zero attached hydrogens (tertiary/aromatic N) is 1. The van der Waals surface area contributed by atoms with Crippen molar-refractivity contribution < 1.29 is 4.39 Å². The lowest BCUT2D eigenvalue weighted by atomic mass is 10.0. The second-order valence-electron chi connectivity index (χ2n) is 5.17. The summed E-state index contributed by atoms with van der Waals surface area (Å²) < 4.78 is 13.4. The Morgan fingerprint density at radius 3 is 2.68 bits per heavy atom. The maximum atomic E-state index is 13.4. The van der Waals surface area contributed by atoms with Gasteiger partial charge in [0.1, 0.15) is 5.82 Å². The highest BCUT2D eigenvalue weighted by Gasteiger charge is 2.25. The van der Waals surface area contributed by atoms with Crippen molar-refractivity contribution in [1.29, 1.82) is 0 Å². The summed E-state index contributed by atoms with van der Waals surface area (Å²) in [7, 11) is 0. The van der Waals surface area contributed by atoms with E-state index in [0.29, 0.717) is 6.04 Å². The molecule has 1 aliphatic heterocycles. The molecule has 1 aliphatic rings. The van der Waals surface area contributed by atoms with Crippen LogP contribution in [0.25, 0.3) is 0 Å². The molecule has 1 fully saturated rings. The van der Waals surface area contributed by atoms with E-state index in [4.69, 9.17) is 0 Å². The van der Waals surface area contributed by atoms with Gasteiger partial charge in [-0.15, -0.1) is 0 Å². The van der Waals surface area contributed by atoms with Crippen LogP contribution in [0.4, 0.5) is 4.39 Å². The Morgan fingerprint density at radius 1 is 1.05 bits per heavy atom. The second kappa shape index (κ2) is 5.54. The summed E-state index contributed by atoms with van der Waals surface area (Å²) in [6.45, 7) is 2.04. The Bertz CT molecular complexity index is 538. The van der Waals surface area contributed by atoms with E-state index in [-0.39, 0.29) is 5.82 Å². The number of rotatable bonds is 3. The van der Waals surface area contributed by atoms with Crippen molar-refractivity contribution in [2.45, 2.75) is 25.4 Å². The molecule has 0 spiro atoms. The topological polar surface area (TPSA) is 3.24 Å². The van der Waals surface area contributed by atoms with Crippen LogP contribution >= 0.6 is 0 Å². The zero-order valence-electron chi connectivity index (χ0n) is 10.9. The minimum Gasteiger partial charge on any atom is -0.292 e. The maximum Gasteiger partial charge on any atom is 0.123 e. The first-order valence-electron chi connectivity index (χ1n) is 6.86. The summed E-state index contributed by atoms with van der Waals surface area (Å²) in [6.07, 6.45) is 2.31. The van der Waals surface area contributed by atoms with Gasteiger partial charge < -0.3 is 0 Å². The lowest BCUT2D eigenvalue weighted by Gasteiger charge is -2.25. The molecular weight excluding hydrogens is 237 g/mol. The van der Waals surface area contributed by atoms with Crippen molar-refractivity contribution in [3.63, 3.8) is 0 Å². The van der Waals surface area contributed by atoms with Crippen molar-refractivity contribution >= 4 is 0 Å². The number of hydrogen-bond acceptors (Lipinski definition) is 1. The molecule has 1 heterocycles. The van der Waals surface area contributed by atoms with Gasteiger partial charge in [-0.25, -0.2) is 4.39 Å². The zero-order valence-corrected chi connectivity index (χ0v) is 10.9. The Morgan fingerprint density at radius 2 is 1.89 bits per heavy atom. The molecule has 0 bridgehead atoms. The van der Waals surface area contributed by atoms with E-state index in [1.165, 1.54) is 18.1 Å². The Hall–Kier alpha value is -1.67. The molecule has 0 N–H and O–H groups in total. The van der Waals surface area contributed by atoms with Crippen molar-refractivity contribution in [2.75, 3.05) is 6.54 Å². The molecule has 0 saturated carbocycles. The van der Waals surface area contributed by atoms with E-state index in [0.717, 1.165) is 25.1 Å². The Labute approximate surface area is 113 Å². The molecule has 0 aliphatic carbocycles. The molecule has 0 radical (unpaired) electrons. The van der Waals surface area contributed by atoms with Crippen molar-refractivity contribution in [3.05, 3.63) is 71.5 Å². The third kappa shape index (κ3) is 2.85. The average molecular weight is 255 g/mol. The quantitative estimate of drug-likeness (QED) is 0.796. The third-order valence-electron chi connectivity index (χ3n) is 3.83. The molecule has 1 saturated heterocycles. The molecule has 1 atom stereocenters. The van der Waals surface area contributed by atoms with E-state index in [9.17, 15) is 4.39 Å². The van der Waals surface area contributed by atoms with E-state index in [1.807, 2.05) is 18.2 Å². The highest BCUT2D eigenvalue weighted by molar-refractivity contribution is 5.22. The van der Waals surface area contributed by atoms with Gasteiger partial charge >= 0.3 is 0 Å². The fourth-order valence-electron chi connectivity index (χ4n) is 2.92. The van der Waals surface area contributed by atoms with Gasteiger partial charge in [-0.3, -0.25) is 4.90 Å². The summed E-state index contributed by atoms with van der Waals surface area (Å²) in [5, 5.41) is 0. The molecule has 19 heavy (non-hydrogen) atoms. The van der Waals surface area contributed by atoms with Crippen molar-refractivity contribution in [3.8, 4) is 0 Å². The molecule has 98 valence electrons. The van der Waals surface area contributed by atoms with Gasteiger partial charge in [0.2, 0.25) is 0 Å². The van der Waals surface area contributed by atoms with Gasteiger partial charge in [0.25, 0.3) is 0 Å². The van der Waals surface area contributed by atoms with Crippen LogP contribution in [0.15, 0.2) is 54.6 Å². The van der Waals surface area contributed by atoms with E-state index < -0.39 is 0 Å². The fraction of sp³-hybridized carbons (Fsp3) is 0.294. The van der Waals surface area contributed by atoms with Crippen LogP contribution in [0.3, 0.4) is 0 Å². The summed E-state index contributed by atoms with van der Waals surface area (Å²) in [4.78, 5) is 2.45. The minimum absolute atomic E-state index is 0.135. The van der Waals surface area contributed by atoms with Crippen molar-refractivity contribution in [2.24, 2.45) is 0 Å².